The standard InChI is InChI=1S/C43H81N/c1-3-5-7-9-11-13-15-17-19-21-23-25-27-29-31-36-40-44(42-43-38-34-33-35-39-43)41-37-32-30-28-26-24-22-20-18-16-14-12-10-8-6-4-2/h33-35,38-39H,3-32,36-37,40-42H2,1-2H3. The van der Waals surface area contributed by atoms with E-state index in [4.69, 9.17) is 0 Å². The van der Waals surface area contributed by atoms with Crippen molar-refractivity contribution in [3.8, 4) is 0 Å². The quantitative estimate of drug-likeness (QED) is 0.0682. The van der Waals surface area contributed by atoms with E-state index in [0.717, 1.165) is 6.54 Å². The van der Waals surface area contributed by atoms with E-state index in [0.29, 0.717) is 0 Å². The zero-order valence-corrected chi connectivity index (χ0v) is 30.6. The second kappa shape index (κ2) is 35.0. The van der Waals surface area contributed by atoms with Crippen LogP contribution in [0.15, 0.2) is 30.3 Å². The van der Waals surface area contributed by atoms with E-state index in [1.54, 1.807) is 0 Å². The van der Waals surface area contributed by atoms with E-state index in [1.807, 2.05) is 0 Å². The second-order valence-corrected chi connectivity index (χ2v) is 14.4. The number of nitrogens with zero attached hydrogens (tertiary/aromatic N) is 1. The fourth-order valence-electron chi connectivity index (χ4n) is 6.88. The molecule has 0 radical (unpaired) electrons. The van der Waals surface area contributed by atoms with Crippen LogP contribution >= 0.6 is 0 Å². The van der Waals surface area contributed by atoms with Gasteiger partial charge in [0.25, 0.3) is 0 Å². The third kappa shape index (κ3) is 29.9. The molecule has 44 heavy (non-hydrogen) atoms. The molecule has 0 saturated carbocycles. The summed E-state index contributed by atoms with van der Waals surface area (Å²) in [5, 5.41) is 0. The van der Waals surface area contributed by atoms with Crippen molar-refractivity contribution < 1.29 is 0 Å². The molecular weight excluding hydrogens is 530 g/mol. The van der Waals surface area contributed by atoms with E-state index in [1.165, 1.54) is 224 Å². The molecule has 0 aliphatic carbocycles. The van der Waals surface area contributed by atoms with Crippen molar-refractivity contribution in [2.75, 3.05) is 13.1 Å². The van der Waals surface area contributed by atoms with Crippen molar-refractivity contribution in [1.82, 2.24) is 4.90 Å². The molecule has 258 valence electrons. The predicted octanol–water partition coefficient (Wildman–Crippen LogP) is 15.0. The molecule has 1 rings (SSSR count). The molecule has 0 atom stereocenters. The Morgan fingerprint density at radius 2 is 0.568 bits per heavy atom. The molecule has 0 aromatic heterocycles. The number of hydrogen-bond acceptors (Lipinski definition) is 1. The van der Waals surface area contributed by atoms with Gasteiger partial charge in [0.1, 0.15) is 0 Å². The van der Waals surface area contributed by atoms with Crippen LogP contribution in [0.5, 0.6) is 0 Å². The van der Waals surface area contributed by atoms with Gasteiger partial charge in [-0.1, -0.05) is 237 Å². The van der Waals surface area contributed by atoms with Gasteiger partial charge < -0.3 is 0 Å². The van der Waals surface area contributed by atoms with Gasteiger partial charge >= 0.3 is 0 Å². The minimum absolute atomic E-state index is 1.14. The summed E-state index contributed by atoms with van der Waals surface area (Å²) in [7, 11) is 0. The maximum atomic E-state index is 2.75. The summed E-state index contributed by atoms with van der Waals surface area (Å²) >= 11 is 0. The van der Waals surface area contributed by atoms with Crippen LogP contribution in [-0.4, -0.2) is 18.0 Å². The Bertz CT molecular complexity index is 604. The van der Waals surface area contributed by atoms with Gasteiger partial charge in [-0.15, -0.1) is 0 Å². The first-order valence-electron chi connectivity index (χ1n) is 20.6. The number of rotatable bonds is 36. The maximum Gasteiger partial charge on any atom is 0.0233 e. The van der Waals surface area contributed by atoms with Crippen LogP contribution in [0.3, 0.4) is 0 Å². The molecular formula is C43H81N. The average molecular weight is 612 g/mol. The van der Waals surface area contributed by atoms with Gasteiger partial charge in [0.2, 0.25) is 0 Å². The van der Waals surface area contributed by atoms with Crippen LogP contribution in [-0.2, 0) is 6.54 Å². The Labute approximate surface area is 279 Å². The molecule has 0 aliphatic rings. The summed E-state index contributed by atoms with van der Waals surface area (Å²) < 4.78 is 0. The van der Waals surface area contributed by atoms with Gasteiger partial charge in [0.05, 0.1) is 0 Å². The van der Waals surface area contributed by atoms with Crippen molar-refractivity contribution in [1.29, 1.82) is 0 Å². The summed E-state index contributed by atoms with van der Waals surface area (Å²) in [5.74, 6) is 0. The van der Waals surface area contributed by atoms with Crippen molar-refractivity contribution in [3.05, 3.63) is 35.9 Å². The summed E-state index contributed by atoms with van der Waals surface area (Å²) in [4.78, 5) is 2.75. The number of unbranched alkanes of at least 4 members (excludes halogenated alkanes) is 30. The van der Waals surface area contributed by atoms with E-state index >= 15 is 0 Å². The third-order valence-corrected chi connectivity index (χ3v) is 9.90. The molecule has 1 heteroatoms. The zero-order chi connectivity index (χ0) is 31.4. The monoisotopic (exact) mass is 612 g/mol. The Morgan fingerprint density at radius 3 is 0.841 bits per heavy atom. The van der Waals surface area contributed by atoms with E-state index < -0.39 is 0 Å². The summed E-state index contributed by atoms with van der Waals surface area (Å²) in [6.07, 6.45) is 46.4. The minimum atomic E-state index is 1.14. The van der Waals surface area contributed by atoms with Gasteiger partial charge in [0.15, 0.2) is 0 Å². The number of hydrogen-bond donors (Lipinski definition) is 0. The molecule has 0 spiro atoms. The van der Waals surface area contributed by atoms with E-state index in [-0.39, 0.29) is 0 Å². The highest BCUT2D eigenvalue weighted by Crippen LogP contribution is 2.16. The first kappa shape index (κ1) is 41.2. The first-order valence-corrected chi connectivity index (χ1v) is 20.6. The topological polar surface area (TPSA) is 3.24 Å². The molecule has 0 heterocycles. The van der Waals surface area contributed by atoms with Crippen LogP contribution in [0, 0.1) is 0 Å². The maximum absolute atomic E-state index is 2.75. The SMILES string of the molecule is CCCCCCCCCCCCCCCCCCN(CCCCCCCCCCCCCCCCCC)Cc1ccccc1. The van der Waals surface area contributed by atoms with Crippen LogP contribution in [0.4, 0.5) is 0 Å². The summed E-state index contributed by atoms with van der Waals surface area (Å²) in [6.45, 7) is 8.32. The van der Waals surface area contributed by atoms with Crippen molar-refractivity contribution >= 4 is 0 Å². The lowest BCUT2D eigenvalue weighted by atomic mass is 10.0. The fourth-order valence-corrected chi connectivity index (χ4v) is 6.88. The Kier molecular flexibility index (Phi) is 32.8. The van der Waals surface area contributed by atoms with Gasteiger partial charge in [-0.05, 0) is 31.5 Å². The lowest BCUT2D eigenvalue weighted by Gasteiger charge is -2.22. The molecule has 0 N–H and O–H groups in total. The second-order valence-electron chi connectivity index (χ2n) is 14.4. The third-order valence-electron chi connectivity index (χ3n) is 9.90. The van der Waals surface area contributed by atoms with Crippen molar-refractivity contribution in [2.24, 2.45) is 0 Å². The van der Waals surface area contributed by atoms with Crippen LogP contribution in [0.2, 0.25) is 0 Å². The molecule has 1 aromatic carbocycles. The highest BCUT2D eigenvalue weighted by Gasteiger charge is 2.06. The minimum Gasteiger partial charge on any atom is -0.299 e. The molecule has 0 saturated heterocycles. The first-order chi connectivity index (χ1) is 21.9. The molecule has 0 fully saturated rings. The fraction of sp³-hybridized carbons (Fsp3) is 0.860. The van der Waals surface area contributed by atoms with E-state index in [2.05, 4.69) is 49.1 Å². The zero-order valence-electron chi connectivity index (χ0n) is 30.6. The van der Waals surface area contributed by atoms with Crippen molar-refractivity contribution in [3.63, 3.8) is 0 Å². The molecule has 1 nitrogen and oxygen atoms in total. The Morgan fingerprint density at radius 1 is 0.318 bits per heavy atom. The lowest BCUT2D eigenvalue weighted by Crippen LogP contribution is -2.25. The molecule has 0 bridgehead atoms. The summed E-state index contributed by atoms with van der Waals surface area (Å²) in [5.41, 5.74) is 1.49. The van der Waals surface area contributed by atoms with Gasteiger partial charge in [-0.3, -0.25) is 4.90 Å². The summed E-state index contributed by atoms with van der Waals surface area (Å²) in [6, 6.07) is 11.2. The van der Waals surface area contributed by atoms with Crippen LogP contribution in [0.25, 0.3) is 0 Å². The van der Waals surface area contributed by atoms with Gasteiger partial charge in [0, 0.05) is 6.54 Å². The Hall–Kier alpha value is -0.820. The Balaban J connectivity index is 1.98. The van der Waals surface area contributed by atoms with Crippen LogP contribution in [0.1, 0.15) is 225 Å². The van der Waals surface area contributed by atoms with Crippen LogP contribution < -0.4 is 0 Å². The van der Waals surface area contributed by atoms with E-state index in [9.17, 15) is 0 Å². The van der Waals surface area contributed by atoms with Gasteiger partial charge in [-0.2, -0.15) is 0 Å². The van der Waals surface area contributed by atoms with Crippen molar-refractivity contribution in [2.45, 2.75) is 226 Å². The van der Waals surface area contributed by atoms with Gasteiger partial charge in [-0.25, -0.2) is 0 Å². The average Bonchev–Trinajstić information content (AvgIpc) is 3.04. The predicted molar refractivity (Wildman–Crippen MR) is 201 cm³/mol. The normalized spacial score (nSPS) is 11.6. The lowest BCUT2D eigenvalue weighted by molar-refractivity contribution is 0.252. The molecule has 0 aliphatic heterocycles. The molecule has 0 amide bonds. The molecule has 0 unspecified atom stereocenters. The largest absolute Gasteiger partial charge is 0.299 e. The smallest absolute Gasteiger partial charge is 0.0233 e. The highest BCUT2D eigenvalue weighted by atomic mass is 15.1. The molecule has 1 aromatic rings. The number of benzene rings is 1. The highest BCUT2D eigenvalue weighted by molar-refractivity contribution is 5.14.